The zero-order chi connectivity index (χ0) is 28.5. The Morgan fingerprint density at radius 3 is 2.35 bits per heavy atom. The first-order chi connectivity index (χ1) is 19.1. The number of para-hydroxylation sites is 1. The lowest BCUT2D eigenvalue weighted by atomic mass is 10.1. The standard InChI is InChI=1S/C26H29N7O5S2/c1-31(2)40(36,37)30-21-14-20(16-27-17-21)19-8-9-22-23(15-19)29-26(18-28-22)32-10-12-33(13-11-32)39(34,35)25-7-5-4-6-24(25)38-3/h4-9,14-18,30H,10-13H2,1-3H3. The van der Waals surface area contributed by atoms with Gasteiger partial charge in [0.2, 0.25) is 10.0 Å². The highest BCUT2D eigenvalue weighted by Gasteiger charge is 2.31. The monoisotopic (exact) mass is 583 g/mol. The van der Waals surface area contributed by atoms with Crippen molar-refractivity contribution in [2.24, 2.45) is 0 Å². The van der Waals surface area contributed by atoms with E-state index in [0.29, 0.717) is 60.0 Å². The van der Waals surface area contributed by atoms with Gasteiger partial charge in [-0.1, -0.05) is 18.2 Å². The maximum atomic E-state index is 13.2. The van der Waals surface area contributed by atoms with Crippen LogP contribution < -0.4 is 14.4 Å². The van der Waals surface area contributed by atoms with Crippen LogP contribution in [0.1, 0.15) is 0 Å². The maximum Gasteiger partial charge on any atom is 0.301 e. The lowest BCUT2D eigenvalue weighted by Gasteiger charge is -2.34. The largest absolute Gasteiger partial charge is 0.495 e. The van der Waals surface area contributed by atoms with Crippen molar-refractivity contribution in [3.63, 3.8) is 0 Å². The Labute approximate surface area is 233 Å². The molecule has 0 aliphatic carbocycles. The van der Waals surface area contributed by atoms with Crippen LogP contribution in [0.25, 0.3) is 22.2 Å². The fourth-order valence-electron chi connectivity index (χ4n) is 4.36. The molecule has 1 aliphatic rings. The molecule has 0 bridgehead atoms. The summed E-state index contributed by atoms with van der Waals surface area (Å²) in [4.78, 5) is 15.7. The molecule has 210 valence electrons. The summed E-state index contributed by atoms with van der Waals surface area (Å²) in [6.45, 7) is 1.49. The second-order valence-electron chi connectivity index (χ2n) is 9.33. The molecule has 4 aromatic rings. The average Bonchev–Trinajstić information content (AvgIpc) is 2.96. The van der Waals surface area contributed by atoms with E-state index in [1.165, 1.54) is 31.7 Å². The van der Waals surface area contributed by atoms with E-state index in [4.69, 9.17) is 9.72 Å². The lowest BCUT2D eigenvalue weighted by Crippen LogP contribution is -2.49. The summed E-state index contributed by atoms with van der Waals surface area (Å²) < 4.78 is 61.2. The van der Waals surface area contributed by atoms with Crippen LogP contribution in [0.15, 0.2) is 72.0 Å². The smallest absolute Gasteiger partial charge is 0.301 e. The van der Waals surface area contributed by atoms with Gasteiger partial charge in [-0.15, -0.1) is 0 Å². The highest BCUT2D eigenvalue weighted by atomic mass is 32.2. The van der Waals surface area contributed by atoms with Crippen molar-refractivity contribution >= 4 is 42.8 Å². The number of piperazine rings is 1. The third-order valence-corrected chi connectivity index (χ3v) is 9.97. The highest BCUT2D eigenvalue weighted by Crippen LogP contribution is 2.29. The molecular formula is C26H29N7O5S2. The van der Waals surface area contributed by atoms with Crippen LogP contribution in [-0.4, -0.2) is 87.8 Å². The Morgan fingerprint density at radius 2 is 1.62 bits per heavy atom. The number of benzene rings is 2. The third-order valence-electron chi connectivity index (χ3n) is 6.58. The quantitative estimate of drug-likeness (QED) is 0.331. The fourth-order valence-corrected chi connectivity index (χ4v) is 6.53. The van der Waals surface area contributed by atoms with Crippen LogP contribution in [0, 0.1) is 0 Å². The SMILES string of the molecule is COc1ccccc1S(=O)(=O)N1CCN(c2cnc3ccc(-c4cncc(NS(=O)(=O)N(C)C)c4)cc3n2)CC1. The summed E-state index contributed by atoms with van der Waals surface area (Å²) in [6, 6.07) is 13.9. The van der Waals surface area contributed by atoms with E-state index in [9.17, 15) is 16.8 Å². The summed E-state index contributed by atoms with van der Waals surface area (Å²) in [5, 5.41) is 0. The first-order valence-electron chi connectivity index (χ1n) is 12.4. The summed E-state index contributed by atoms with van der Waals surface area (Å²) in [7, 11) is -3.03. The number of nitrogens with one attached hydrogen (secondary N) is 1. The molecule has 1 N–H and O–H groups in total. The Bertz CT molecular complexity index is 1760. The summed E-state index contributed by atoms with van der Waals surface area (Å²) in [6.07, 6.45) is 4.77. The molecule has 0 spiro atoms. The minimum absolute atomic E-state index is 0.150. The van der Waals surface area contributed by atoms with Crippen molar-refractivity contribution in [3.8, 4) is 16.9 Å². The molecule has 0 radical (unpaired) electrons. The Balaban J connectivity index is 1.35. The number of methoxy groups -OCH3 is 1. The molecule has 1 aliphatic heterocycles. The van der Waals surface area contributed by atoms with Crippen LogP contribution in [-0.2, 0) is 20.2 Å². The van der Waals surface area contributed by atoms with Gasteiger partial charge in [0, 0.05) is 52.0 Å². The molecule has 5 rings (SSSR count). The van der Waals surface area contributed by atoms with E-state index >= 15 is 0 Å². The van der Waals surface area contributed by atoms with E-state index in [1.807, 2.05) is 23.1 Å². The summed E-state index contributed by atoms with van der Waals surface area (Å²) in [5.74, 6) is 0.960. The van der Waals surface area contributed by atoms with E-state index in [-0.39, 0.29) is 4.90 Å². The number of nitrogens with zero attached hydrogens (tertiary/aromatic N) is 6. The van der Waals surface area contributed by atoms with Gasteiger partial charge in [-0.3, -0.25) is 14.7 Å². The molecule has 1 saturated heterocycles. The van der Waals surface area contributed by atoms with E-state index in [0.717, 1.165) is 9.87 Å². The van der Waals surface area contributed by atoms with Crippen molar-refractivity contribution in [1.29, 1.82) is 0 Å². The second-order valence-corrected chi connectivity index (χ2v) is 13.1. The van der Waals surface area contributed by atoms with Crippen molar-refractivity contribution in [2.45, 2.75) is 4.90 Å². The maximum absolute atomic E-state index is 13.2. The number of sulfonamides is 1. The first-order valence-corrected chi connectivity index (χ1v) is 15.3. The molecule has 0 saturated carbocycles. The molecule has 14 heteroatoms. The molecule has 0 atom stereocenters. The van der Waals surface area contributed by atoms with E-state index < -0.39 is 20.2 Å². The normalized spacial score (nSPS) is 14.9. The molecule has 40 heavy (non-hydrogen) atoms. The van der Waals surface area contributed by atoms with Gasteiger partial charge >= 0.3 is 10.2 Å². The average molecular weight is 584 g/mol. The number of anilines is 2. The lowest BCUT2D eigenvalue weighted by molar-refractivity contribution is 0.373. The molecule has 2 aromatic carbocycles. The van der Waals surface area contributed by atoms with Gasteiger partial charge in [-0.2, -0.15) is 17.0 Å². The predicted molar refractivity (Wildman–Crippen MR) is 153 cm³/mol. The molecule has 0 amide bonds. The van der Waals surface area contributed by atoms with Gasteiger partial charge in [0.1, 0.15) is 16.5 Å². The van der Waals surface area contributed by atoms with Crippen LogP contribution in [0.5, 0.6) is 5.75 Å². The van der Waals surface area contributed by atoms with E-state index in [1.54, 1.807) is 42.7 Å². The fraction of sp³-hybridized carbons (Fsp3) is 0.269. The highest BCUT2D eigenvalue weighted by molar-refractivity contribution is 7.90. The molecular weight excluding hydrogens is 554 g/mol. The second kappa shape index (κ2) is 11.0. The Morgan fingerprint density at radius 1 is 0.875 bits per heavy atom. The van der Waals surface area contributed by atoms with E-state index in [2.05, 4.69) is 14.7 Å². The van der Waals surface area contributed by atoms with Gasteiger partial charge in [0.15, 0.2) is 0 Å². The van der Waals surface area contributed by atoms with Crippen LogP contribution in [0.2, 0.25) is 0 Å². The molecule has 3 heterocycles. The topological polar surface area (TPSA) is 138 Å². The number of rotatable bonds is 8. The van der Waals surface area contributed by atoms with Gasteiger partial charge in [-0.25, -0.2) is 13.4 Å². The van der Waals surface area contributed by atoms with Crippen LogP contribution >= 0.6 is 0 Å². The van der Waals surface area contributed by atoms with Crippen molar-refractivity contribution in [1.82, 2.24) is 23.6 Å². The zero-order valence-electron chi connectivity index (χ0n) is 22.2. The first kappa shape index (κ1) is 27.7. The zero-order valence-corrected chi connectivity index (χ0v) is 23.9. The Kier molecular flexibility index (Phi) is 7.59. The van der Waals surface area contributed by atoms with Crippen LogP contribution in [0.3, 0.4) is 0 Å². The van der Waals surface area contributed by atoms with Crippen molar-refractivity contribution < 1.29 is 21.6 Å². The molecule has 2 aromatic heterocycles. The number of ether oxygens (including phenoxy) is 1. The minimum atomic E-state index is -3.71. The molecule has 0 unspecified atom stereocenters. The van der Waals surface area contributed by atoms with Gasteiger partial charge in [0.25, 0.3) is 0 Å². The summed E-state index contributed by atoms with van der Waals surface area (Å²) >= 11 is 0. The van der Waals surface area contributed by atoms with Crippen LogP contribution in [0.4, 0.5) is 11.5 Å². The summed E-state index contributed by atoms with van der Waals surface area (Å²) in [5.41, 5.74) is 3.20. The number of hydrogen-bond acceptors (Lipinski definition) is 9. The number of hydrogen-bond donors (Lipinski definition) is 1. The number of pyridine rings is 1. The number of fused-ring (bicyclic) bond motifs is 1. The Hall–Kier alpha value is -3.85. The van der Waals surface area contributed by atoms with Gasteiger partial charge in [-0.05, 0) is 35.9 Å². The van der Waals surface area contributed by atoms with Gasteiger partial charge in [0.05, 0.1) is 36.2 Å². The molecule has 12 nitrogen and oxygen atoms in total. The van der Waals surface area contributed by atoms with Gasteiger partial charge < -0.3 is 9.64 Å². The predicted octanol–water partition coefficient (Wildman–Crippen LogP) is 2.43. The van der Waals surface area contributed by atoms with Crippen molar-refractivity contribution in [3.05, 3.63) is 67.1 Å². The number of aromatic nitrogens is 3. The minimum Gasteiger partial charge on any atom is -0.495 e. The van der Waals surface area contributed by atoms with Crippen molar-refractivity contribution in [2.75, 3.05) is 57.0 Å². The molecule has 1 fully saturated rings. The third kappa shape index (κ3) is 5.56.